The third-order valence-corrected chi connectivity index (χ3v) is 5.30. The van der Waals surface area contributed by atoms with Gasteiger partial charge in [0, 0.05) is 32.3 Å². The summed E-state index contributed by atoms with van der Waals surface area (Å²) in [5.74, 6) is -0.898. The zero-order valence-corrected chi connectivity index (χ0v) is 14.1. The number of likely N-dealkylation sites (tertiary alicyclic amines) is 1. The van der Waals surface area contributed by atoms with Crippen molar-refractivity contribution < 1.29 is 27.9 Å². The third-order valence-electron chi connectivity index (χ3n) is 5.30. The Balaban J connectivity index is 1.67. The Labute approximate surface area is 148 Å². The molecule has 0 aliphatic carbocycles. The molecule has 26 heavy (non-hydrogen) atoms. The van der Waals surface area contributed by atoms with Crippen molar-refractivity contribution in [3.63, 3.8) is 0 Å². The maximum atomic E-state index is 12.9. The van der Waals surface area contributed by atoms with Gasteiger partial charge in [-0.1, -0.05) is 0 Å². The van der Waals surface area contributed by atoms with Gasteiger partial charge >= 0.3 is 12.1 Å². The first-order chi connectivity index (χ1) is 12.2. The lowest BCUT2D eigenvalue weighted by molar-refractivity contribution is -0.148. The molecular weight excluding hydrogens is 351 g/mol. The Kier molecular flexibility index (Phi) is 4.81. The summed E-state index contributed by atoms with van der Waals surface area (Å²) in [4.78, 5) is 30.1. The molecule has 1 amide bonds. The number of hydrogen-bond acceptors (Lipinski definition) is 4. The number of hydrogen-bond donors (Lipinski definition) is 1. The molecule has 3 rings (SSSR count). The monoisotopic (exact) mass is 371 g/mol. The van der Waals surface area contributed by atoms with E-state index in [0.717, 1.165) is 18.3 Å². The molecule has 0 saturated carbocycles. The topological polar surface area (TPSA) is 73.7 Å². The lowest BCUT2D eigenvalue weighted by Crippen LogP contribution is -2.52. The van der Waals surface area contributed by atoms with Crippen LogP contribution in [0.3, 0.4) is 0 Å². The zero-order valence-electron chi connectivity index (χ0n) is 14.1. The fraction of sp³-hybridized carbons (Fsp3) is 0.588. The number of anilines is 1. The summed E-state index contributed by atoms with van der Waals surface area (Å²) in [5, 5.41) is 8.95. The molecule has 2 aliphatic rings. The number of carbonyl (C=O) groups excluding carboxylic acids is 1. The molecule has 2 saturated heterocycles. The molecule has 2 fully saturated rings. The van der Waals surface area contributed by atoms with Gasteiger partial charge in [-0.2, -0.15) is 13.2 Å². The SMILES string of the molecule is O=C(O)CN1CC2(CCC1=O)CCN(c1cc(C(F)(F)F)ccn1)CC2. The van der Waals surface area contributed by atoms with E-state index in [1.807, 2.05) is 4.90 Å². The van der Waals surface area contributed by atoms with Crippen LogP contribution in [0.5, 0.6) is 0 Å². The third kappa shape index (κ3) is 3.91. The Hall–Kier alpha value is -2.32. The first kappa shape index (κ1) is 18.5. The van der Waals surface area contributed by atoms with Gasteiger partial charge in [0.2, 0.25) is 5.91 Å². The smallest absolute Gasteiger partial charge is 0.416 e. The highest BCUT2D eigenvalue weighted by Crippen LogP contribution is 2.41. The van der Waals surface area contributed by atoms with Gasteiger partial charge in [-0.15, -0.1) is 0 Å². The number of carbonyl (C=O) groups is 2. The minimum Gasteiger partial charge on any atom is -0.480 e. The Morgan fingerprint density at radius 1 is 1.27 bits per heavy atom. The van der Waals surface area contributed by atoms with Crippen molar-refractivity contribution >= 4 is 17.7 Å². The molecule has 1 aromatic heterocycles. The van der Waals surface area contributed by atoms with Crippen molar-refractivity contribution in [1.29, 1.82) is 0 Å². The van der Waals surface area contributed by atoms with E-state index in [4.69, 9.17) is 5.11 Å². The van der Waals surface area contributed by atoms with Crippen LogP contribution in [0, 0.1) is 5.41 Å². The number of carboxylic acid groups (broad SMARTS) is 1. The number of piperidine rings is 2. The van der Waals surface area contributed by atoms with Gasteiger partial charge in [0.25, 0.3) is 0 Å². The fourth-order valence-corrected chi connectivity index (χ4v) is 3.80. The van der Waals surface area contributed by atoms with Crippen LogP contribution in [0.25, 0.3) is 0 Å². The van der Waals surface area contributed by atoms with Crippen LogP contribution >= 0.6 is 0 Å². The van der Waals surface area contributed by atoms with Crippen LogP contribution in [-0.2, 0) is 15.8 Å². The molecule has 9 heteroatoms. The molecule has 1 aromatic rings. The molecule has 6 nitrogen and oxygen atoms in total. The van der Waals surface area contributed by atoms with E-state index in [2.05, 4.69) is 4.98 Å². The van der Waals surface area contributed by atoms with Crippen LogP contribution in [0.2, 0.25) is 0 Å². The molecule has 0 unspecified atom stereocenters. The fourth-order valence-electron chi connectivity index (χ4n) is 3.80. The van der Waals surface area contributed by atoms with Gasteiger partial charge in [-0.25, -0.2) is 4.98 Å². The van der Waals surface area contributed by atoms with E-state index in [-0.39, 0.29) is 17.9 Å². The standard InChI is InChI=1S/C17H20F3N3O3/c18-17(19,20)12-2-6-21-13(9-12)22-7-4-16(5-8-22)3-1-14(24)23(11-16)10-15(25)26/h2,6,9H,1,3-5,7-8,10-11H2,(H,25,26). The number of nitrogens with zero attached hydrogens (tertiary/aromatic N) is 3. The summed E-state index contributed by atoms with van der Waals surface area (Å²) in [5.41, 5.74) is -0.889. The summed E-state index contributed by atoms with van der Waals surface area (Å²) in [6.07, 6.45) is -0.865. The molecule has 2 aliphatic heterocycles. The maximum absolute atomic E-state index is 12.9. The van der Waals surface area contributed by atoms with E-state index >= 15 is 0 Å². The highest BCUT2D eigenvalue weighted by Gasteiger charge is 2.42. The van der Waals surface area contributed by atoms with Crippen LogP contribution in [0.1, 0.15) is 31.2 Å². The van der Waals surface area contributed by atoms with Crippen LogP contribution in [0.4, 0.5) is 19.0 Å². The number of halogens is 3. The van der Waals surface area contributed by atoms with Crippen molar-refractivity contribution in [2.45, 2.75) is 31.9 Å². The van der Waals surface area contributed by atoms with Crippen LogP contribution in [0.15, 0.2) is 18.3 Å². The second-order valence-corrected chi connectivity index (χ2v) is 7.03. The predicted octanol–water partition coefficient (Wildman–Crippen LogP) is 2.39. The zero-order chi connectivity index (χ0) is 18.9. The maximum Gasteiger partial charge on any atom is 0.416 e. The molecule has 0 radical (unpaired) electrons. The van der Waals surface area contributed by atoms with Crippen molar-refractivity contribution in [1.82, 2.24) is 9.88 Å². The molecule has 0 bridgehead atoms. The number of alkyl halides is 3. The average Bonchev–Trinajstić information content (AvgIpc) is 2.58. The first-order valence-corrected chi connectivity index (χ1v) is 8.46. The summed E-state index contributed by atoms with van der Waals surface area (Å²) in [6.45, 7) is 1.15. The first-order valence-electron chi connectivity index (χ1n) is 8.46. The highest BCUT2D eigenvalue weighted by molar-refractivity contribution is 5.82. The van der Waals surface area contributed by atoms with Gasteiger partial charge < -0.3 is 14.9 Å². The molecule has 142 valence electrons. The summed E-state index contributed by atoms with van der Waals surface area (Å²) in [6, 6.07) is 2.00. The minimum atomic E-state index is -4.41. The Bertz CT molecular complexity index is 700. The number of aliphatic carboxylic acids is 1. The Morgan fingerprint density at radius 3 is 2.58 bits per heavy atom. The minimum absolute atomic E-state index is 0.153. The van der Waals surface area contributed by atoms with E-state index in [9.17, 15) is 22.8 Å². The second-order valence-electron chi connectivity index (χ2n) is 7.03. The largest absolute Gasteiger partial charge is 0.480 e. The van der Waals surface area contributed by atoms with Crippen LogP contribution in [-0.4, -0.2) is 53.0 Å². The van der Waals surface area contributed by atoms with Gasteiger partial charge in [0.15, 0.2) is 0 Å². The van der Waals surface area contributed by atoms with E-state index < -0.39 is 17.7 Å². The molecule has 0 atom stereocenters. The van der Waals surface area contributed by atoms with E-state index in [1.54, 1.807) is 0 Å². The van der Waals surface area contributed by atoms with Gasteiger partial charge in [-0.05, 0) is 36.8 Å². The van der Waals surface area contributed by atoms with Crippen molar-refractivity contribution in [3.8, 4) is 0 Å². The van der Waals surface area contributed by atoms with Crippen molar-refractivity contribution in [3.05, 3.63) is 23.9 Å². The van der Waals surface area contributed by atoms with Gasteiger partial charge in [-0.3, -0.25) is 9.59 Å². The van der Waals surface area contributed by atoms with E-state index in [1.165, 1.54) is 4.90 Å². The van der Waals surface area contributed by atoms with Crippen molar-refractivity contribution in [2.75, 3.05) is 31.1 Å². The van der Waals surface area contributed by atoms with Crippen LogP contribution < -0.4 is 4.90 Å². The number of rotatable bonds is 3. The normalized spacial score (nSPS) is 20.5. The molecule has 3 heterocycles. The van der Waals surface area contributed by atoms with E-state index in [0.29, 0.717) is 51.1 Å². The second kappa shape index (κ2) is 6.77. The summed E-state index contributed by atoms with van der Waals surface area (Å²) < 4.78 is 38.6. The lowest BCUT2D eigenvalue weighted by atomic mass is 9.72. The quantitative estimate of drug-likeness (QED) is 0.883. The number of carboxylic acids is 1. The number of amides is 1. The molecule has 0 aromatic carbocycles. The van der Waals surface area contributed by atoms with Gasteiger partial charge in [0.1, 0.15) is 12.4 Å². The summed E-state index contributed by atoms with van der Waals surface area (Å²) in [7, 11) is 0. The molecule has 1 spiro atoms. The van der Waals surface area contributed by atoms with Crippen molar-refractivity contribution in [2.24, 2.45) is 5.41 Å². The lowest BCUT2D eigenvalue weighted by Gasteiger charge is -2.47. The predicted molar refractivity (Wildman–Crippen MR) is 86.6 cm³/mol. The molecule has 1 N–H and O–H groups in total. The average molecular weight is 371 g/mol. The van der Waals surface area contributed by atoms with Gasteiger partial charge in [0.05, 0.1) is 5.56 Å². The highest BCUT2D eigenvalue weighted by atomic mass is 19.4. The Morgan fingerprint density at radius 2 is 1.96 bits per heavy atom. The molecular formula is C17H20F3N3O3. The number of pyridine rings is 1. The number of aromatic nitrogens is 1. The summed E-state index contributed by atoms with van der Waals surface area (Å²) >= 11 is 0.